The molecule has 0 saturated carbocycles. The number of nitrogens with zero attached hydrogens (tertiary/aromatic N) is 4. The Hall–Kier alpha value is -3.26. The Kier molecular flexibility index (Phi) is 3.87. The van der Waals surface area contributed by atoms with E-state index in [1.54, 1.807) is 30.2 Å². The molecule has 1 amide bonds. The third-order valence-electron chi connectivity index (χ3n) is 3.49. The Labute approximate surface area is 146 Å². The predicted molar refractivity (Wildman–Crippen MR) is 94.2 cm³/mol. The van der Waals surface area contributed by atoms with Gasteiger partial charge in [0.2, 0.25) is 0 Å². The van der Waals surface area contributed by atoms with Crippen molar-refractivity contribution in [1.82, 2.24) is 19.9 Å². The second-order valence-corrected chi connectivity index (χ2v) is 6.24. The number of anilines is 1. The molecule has 0 aromatic carbocycles. The van der Waals surface area contributed by atoms with Crippen molar-refractivity contribution in [2.24, 2.45) is 7.05 Å². The Morgan fingerprint density at radius 2 is 2.20 bits per heavy atom. The van der Waals surface area contributed by atoms with Gasteiger partial charge in [0, 0.05) is 25.5 Å². The number of nitrogens with one attached hydrogen (secondary N) is 1. The maximum Gasteiger partial charge on any atom is 0.277 e. The quantitative estimate of drug-likeness (QED) is 0.608. The van der Waals surface area contributed by atoms with Crippen LogP contribution in [-0.2, 0) is 7.05 Å². The van der Waals surface area contributed by atoms with E-state index in [0.29, 0.717) is 22.8 Å². The number of thiophene rings is 1. The molecule has 0 aliphatic carbocycles. The summed E-state index contributed by atoms with van der Waals surface area (Å²) in [5.41, 5.74) is 2.04. The van der Waals surface area contributed by atoms with Crippen LogP contribution in [0.3, 0.4) is 0 Å². The first-order valence-electron chi connectivity index (χ1n) is 7.48. The second-order valence-electron chi connectivity index (χ2n) is 5.29. The molecule has 1 N–H and O–H groups in total. The Balaban J connectivity index is 1.60. The monoisotopic (exact) mass is 351 g/mol. The zero-order valence-electron chi connectivity index (χ0n) is 13.2. The van der Waals surface area contributed by atoms with E-state index in [-0.39, 0.29) is 11.6 Å². The molecule has 0 fully saturated rings. The molecule has 8 heteroatoms. The molecule has 0 unspecified atom stereocenters. The first-order valence-corrected chi connectivity index (χ1v) is 8.35. The summed E-state index contributed by atoms with van der Waals surface area (Å²) in [6.07, 6.45) is 3.41. The van der Waals surface area contributed by atoms with Gasteiger partial charge in [0.15, 0.2) is 11.5 Å². The molecule has 4 aromatic rings. The van der Waals surface area contributed by atoms with E-state index in [9.17, 15) is 4.79 Å². The lowest BCUT2D eigenvalue weighted by Gasteiger charge is -2.02. The molecule has 4 aromatic heterocycles. The minimum atomic E-state index is -0.364. The van der Waals surface area contributed by atoms with Gasteiger partial charge >= 0.3 is 0 Å². The van der Waals surface area contributed by atoms with Gasteiger partial charge in [-0.1, -0.05) is 17.3 Å². The summed E-state index contributed by atoms with van der Waals surface area (Å²) in [5, 5.41) is 13.0. The van der Waals surface area contributed by atoms with Crippen LogP contribution in [0.25, 0.3) is 22.0 Å². The molecule has 7 nitrogen and oxygen atoms in total. The van der Waals surface area contributed by atoms with Crippen LogP contribution in [-0.4, -0.2) is 25.8 Å². The van der Waals surface area contributed by atoms with Crippen LogP contribution >= 0.6 is 11.3 Å². The van der Waals surface area contributed by atoms with Gasteiger partial charge in [0.1, 0.15) is 5.69 Å². The average Bonchev–Trinajstić information content (AvgIpc) is 3.36. The third-order valence-corrected chi connectivity index (χ3v) is 4.38. The van der Waals surface area contributed by atoms with Crippen LogP contribution in [0.1, 0.15) is 10.5 Å². The number of hydrogen-bond acceptors (Lipinski definition) is 6. The molecule has 0 spiro atoms. The lowest BCUT2D eigenvalue weighted by atomic mass is 10.2. The highest BCUT2D eigenvalue weighted by Crippen LogP contribution is 2.27. The van der Waals surface area contributed by atoms with Crippen molar-refractivity contribution in [3.8, 4) is 22.0 Å². The van der Waals surface area contributed by atoms with E-state index >= 15 is 0 Å². The largest absolute Gasteiger partial charge is 0.355 e. The van der Waals surface area contributed by atoms with Gasteiger partial charge in [-0.3, -0.25) is 14.5 Å². The normalized spacial score (nSPS) is 10.8. The van der Waals surface area contributed by atoms with Crippen LogP contribution in [0.5, 0.6) is 0 Å². The maximum atomic E-state index is 12.5. The highest BCUT2D eigenvalue weighted by molar-refractivity contribution is 7.13. The summed E-state index contributed by atoms with van der Waals surface area (Å²) < 4.78 is 6.88. The predicted octanol–water partition coefficient (Wildman–Crippen LogP) is 3.45. The summed E-state index contributed by atoms with van der Waals surface area (Å²) in [7, 11) is 1.78. The summed E-state index contributed by atoms with van der Waals surface area (Å²) in [4.78, 5) is 17.7. The lowest BCUT2D eigenvalue weighted by Crippen LogP contribution is -2.12. The van der Waals surface area contributed by atoms with Gasteiger partial charge in [-0.2, -0.15) is 5.10 Å². The van der Waals surface area contributed by atoms with Crippen molar-refractivity contribution in [2.75, 3.05) is 5.32 Å². The molecule has 0 radical (unpaired) electrons. The summed E-state index contributed by atoms with van der Waals surface area (Å²) in [6, 6.07) is 11.0. The molecule has 25 heavy (non-hydrogen) atoms. The smallest absolute Gasteiger partial charge is 0.277 e. The van der Waals surface area contributed by atoms with Crippen LogP contribution < -0.4 is 5.32 Å². The first-order chi connectivity index (χ1) is 12.2. The summed E-state index contributed by atoms with van der Waals surface area (Å²) in [6.45, 7) is 0. The third kappa shape index (κ3) is 3.07. The molecule has 0 aliphatic heterocycles. The highest BCUT2D eigenvalue weighted by Gasteiger charge is 2.18. The van der Waals surface area contributed by atoms with Crippen molar-refractivity contribution >= 4 is 22.9 Å². The van der Waals surface area contributed by atoms with Gasteiger partial charge in [-0.05, 0) is 23.6 Å². The number of carbonyl (C=O) groups excluding carboxylic acids is 1. The zero-order valence-corrected chi connectivity index (χ0v) is 14.0. The number of aryl methyl sites for hydroxylation is 1. The van der Waals surface area contributed by atoms with Crippen LogP contribution in [0.15, 0.2) is 58.7 Å². The number of pyridine rings is 1. The molecule has 4 heterocycles. The van der Waals surface area contributed by atoms with Gasteiger partial charge in [0.25, 0.3) is 5.91 Å². The Morgan fingerprint density at radius 1 is 1.28 bits per heavy atom. The molecular formula is C17H13N5O2S. The first kappa shape index (κ1) is 15.3. The van der Waals surface area contributed by atoms with Crippen molar-refractivity contribution in [3.05, 3.63) is 59.9 Å². The average molecular weight is 351 g/mol. The molecule has 0 atom stereocenters. The van der Waals surface area contributed by atoms with Gasteiger partial charge in [0.05, 0.1) is 16.3 Å². The van der Waals surface area contributed by atoms with E-state index in [4.69, 9.17) is 4.52 Å². The van der Waals surface area contributed by atoms with E-state index in [2.05, 4.69) is 20.6 Å². The fourth-order valence-electron chi connectivity index (χ4n) is 2.38. The topological polar surface area (TPSA) is 85.8 Å². The Morgan fingerprint density at radius 3 is 2.96 bits per heavy atom. The minimum Gasteiger partial charge on any atom is -0.355 e. The SMILES string of the molecule is Cn1cc(NC(=O)c2cc(-c3cccs3)on2)c(-c2ccccn2)n1. The number of carbonyl (C=O) groups is 1. The molecule has 4 rings (SSSR count). The molecular weight excluding hydrogens is 338 g/mol. The highest BCUT2D eigenvalue weighted by atomic mass is 32.1. The minimum absolute atomic E-state index is 0.208. The van der Waals surface area contributed by atoms with Gasteiger partial charge in [-0.25, -0.2) is 0 Å². The number of hydrogen-bond donors (Lipinski definition) is 1. The van der Waals surface area contributed by atoms with Gasteiger partial charge < -0.3 is 9.84 Å². The fourth-order valence-corrected chi connectivity index (χ4v) is 3.05. The van der Waals surface area contributed by atoms with Gasteiger partial charge in [-0.15, -0.1) is 11.3 Å². The van der Waals surface area contributed by atoms with Crippen molar-refractivity contribution in [2.45, 2.75) is 0 Å². The van der Waals surface area contributed by atoms with E-state index in [1.165, 1.54) is 11.3 Å². The van der Waals surface area contributed by atoms with Crippen molar-refractivity contribution in [1.29, 1.82) is 0 Å². The zero-order chi connectivity index (χ0) is 17.2. The maximum absolute atomic E-state index is 12.5. The Bertz CT molecular complexity index is 1010. The molecule has 0 bridgehead atoms. The fraction of sp³-hybridized carbons (Fsp3) is 0.0588. The standard InChI is InChI=1S/C17H13N5O2S/c1-22-10-13(16(20-22)11-5-2-3-7-18-11)19-17(23)12-9-14(24-21-12)15-6-4-8-25-15/h2-10H,1H3,(H,19,23). The summed E-state index contributed by atoms with van der Waals surface area (Å²) >= 11 is 1.52. The second kappa shape index (κ2) is 6.33. The lowest BCUT2D eigenvalue weighted by molar-refractivity contribution is 0.101. The van der Waals surface area contributed by atoms with Crippen LogP contribution in [0.4, 0.5) is 5.69 Å². The van der Waals surface area contributed by atoms with E-state index in [1.807, 2.05) is 35.7 Å². The molecule has 124 valence electrons. The number of rotatable bonds is 4. The number of amides is 1. The van der Waals surface area contributed by atoms with E-state index in [0.717, 1.165) is 4.88 Å². The molecule has 0 saturated heterocycles. The van der Waals surface area contributed by atoms with Crippen molar-refractivity contribution < 1.29 is 9.32 Å². The van der Waals surface area contributed by atoms with Crippen molar-refractivity contribution in [3.63, 3.8) is 0 Å². The molecule has 0 aliphatic rings. The number of aromatic nitrogens is 4. The van der Waals surface area contributed by atoms with E-state index < -0.39 is 0 Å². The van der Waals surface area contributed by atoms with Crippen LogP contribution in [0.2, 0.25) is 0 Å². The summed E-state index contributed by atoms with van der Waals surface area (Å²) in [5.74, 6) is 0.202. The van der Waals surface area contributed by atoms with Crippen LogP contribution in [0, 0.1) is 0 Å².